The van der Waals surface area contributed by atoms with E-state index in [1.165, 1.54) is 12.1 Å². The number of rotatable bonds is 5. The van der Waals surface area contributed by atoms with Crippen molar-refractivity contribution < 1.29 is 8.78 Å². The first kappa shape index (κ1) is 20.3. The average molecular weight is 415 g/mol. The lowest BCUT2D eigenvalue weighted by Gasteiger charge is -2.49. The lowest BCUT2D eigenvalue weighted by Crippen LogP contribution is -2.54. The van der Waals surface area contributed by atoms with Gasteiger partial charge in [-0.1, -0.05) is 54.9 Å². The number of hydrogen-bond acceptors (Lipinski definition) is 2. The van der Waals surface area contributed by atoms with Gasteiger partial charge in [0.15, 0.2) is 0 Å². The largest absolute Gasteiger partial charge is 0.323 e. The molecule has 1 aliphatic heterocycles. The molecule has 1 heterocycles. The van der Waals surface area contributed by atoms with Crippen LogP contribution in [0.3, 0.4) is 0 Å². The van der Waals surface area contributed by atoms with Crippen LogP contribution >= 0.6 is 11.6 Å². The maximum Gasteiger partial charge on any atom is 0.125 e. The molecule has 0 spiro atoms. The third-order valence-electron chi connectivity index (χ3n) is 6.02. The lowest BCUT2D eigenvalue weighted by molar-refractivity contribution is 0.0383. The molecular formula is C24H25ClF2N2. The Labute approximate surface area is 175 Å². The summed E-state index contributed by atoms with van der Waals surface area (Å²) in [6.45, 7) is 2.67. The van der Waals surface area contributed by atoms with Gasteiger partial charge in [0, 0.05) is 29.6 Å². The van der Waals surface area contributed by atoms with Crippen LogP contribution in [0.2, 0.25) is 5.02 Å². The van der Waals surface area contributed by atoms with Crippen molar-refractivity contribution >= 4 is 11.6 Å². The van der Waals surface area contributed by atoms with Gasteiger partial charge >= 0.3 is 0 Å². The minimum atomic E-state index is -1.05. The minimum Gasteiger partial charge on any atom is -0.323 e. The number of likely N-dealkylation sites (tertiary alicyclic amines) is 1. The van der Waals surface area contributed by atoms with Gasteiger partial charge in [-0.25, -0.2) is 8.78 Å². The highest BCUT2D eigenvalue weighted by molar-refractivity contribution is 6.30. The molecule has 5 heteroatoms. The highest BCUT2D eigenvalue weighted by Gasteiger charge is 2.40. The summed E-state index contributed by atoms with van der Waals surface area (Å²) >= 11 is 6.15. The molecule has 0 saturated carbocycles. The van der Waals surface area contributed by atoms with Gasteiger partial charge in [0.05, 0.1) is 6.04 Å². The monoisotopic (exact) mass is 414 g/mol. The summed E-state index contributed by atoms with van der Waals surface area (Å²) in [4.78, 5) is 2.25. The fraction of sp³-hybridized carbons (Fsp3) is 0.333. The van der Waals surface area contributed by atoms with Crippen LogP contribution in [0, 0.1) is 11.7 Å². The molecule has 0 bridgehead atoms. The second-order valence-corrected chi connectivity index (χ2v) is 8.40. The van der Waals surface area contributed by atoms with E-state index < -0.39 is 6.17 Å². The van der Waals surface area contributed by atoms with Gasteiger partial charge in [0.2, 0.25) is 0 Å². The second-order valence-electron chi connectivity index (χ2n) is 7.96. The van der Waals surface area contributed by atoms with Gasteiger partial charge < -0.3 is 5.73 Å². The van der Waals surface area contributed by atoms with Crippen molar-refractivity contribution in [2.75, 3.05) is 6.54 Å². The molecule has 3 unspecified atom stereocenters. The van der Waals surface area contributed by atoms with Crippen molar-refractivity contribution in [3.8, 4) is 0 Å². The van der Waals surface area contributed by atoms with E-state index in [9.17, 15) is 8.78 Å². The summed E-state index contributed by atoms with van der Waals surface area (Å²) in [7, 11) is 0. The number of allylic oxidation sites excluding steroid dienone is 2. The van der Waals surface area contributed by atoms with E-state index in [0.717, 1.165) is 29.7 Å². The summed E-state index contributed by atoms with van der Waals surface area (Å²) in [5, 5.41) is 0.651. The number of nitrogens with zero attached hydrogens (tertiary/aromatic N) is 1. The summed E-state index contributed by atoms with van der Waals surface area (Å²) < 4.78 is 28.5. The molecule has 29 heavy (non-hydrogen) atoms. The first-order valence-corrected chi connectivity index (χ1v) is 10.4. The summed E-state index contributed by atoms with van der Waals surface area (Å²) in [5.41, 5.74) is 9.23. The summed E-state index contributed by atoms with van der Waals surface area (Å²) in [6, 6.07) is 13.7. The van der Waals surface area contributed by atoms with Gasteiger partial charge in [-0.3, -0.25) is 4.90 Å². The zero-order chi connectivity index (χ0) is 20.5. The van der Waals surface area contributed by atoms with Crippen LogP contribution in [-0.4, -0.2) is 23.7 Å². The first-order valence-electron chi connectivity index (χ1n) is 10.0. The fourth-order valence-electron chi connectivity index (χ4n) is 4.26. The van der Waals surface area contributed by atoms with E-state index in [1.54, 1.807) is 12.1 Å². The Balaban J connectivity index is 1.68. The molecule has 2 aromatic rings. The van der Waals surface area contributed by atoms with Crippen molar-refractivity contribution in [3.63, 3.8) is 0 Å². The first-order chi connectivity index (χ1) is 13.9. The van der Waals surface area contributed by atoms with E-state index in [0.29, 0.717) is 5.02 Å². The maximum atomic E-state index is 14.5. The highest BCUT2D eigenvalue weighted by atomic mass is 35.5. The molecule has 152 valence electrons. The van der Waals surface area contributed by atoms with Crippen LogP contribution in [0.25, 0.3) is 0 Å². The van der Waals surface area contributed by atoms with Gasteiger partial charge in [0.25, 0.3) is 0 Å². The minimum absolute atomic E-state index is 0.0634. The van der Waals surface area contributed by atoms with Crippen LogP contribution in [0.15, 0.2) is 72.3 Å². The van der Waals surface area contributed by atoms with Crippen molar-refractivity contribution in [3.05, 3.63) is 94.3 Å². The molecule has 0 amide bonds. The van der Waals surface area contributed by atoms with Crippen molar-refractivity contribution in [2.45, 2.75) is 37.6 Å². The molecule has 2 nitrogen and oxygen atoms in total. The SMILES string of the molecule is CC1C=CC(C(c2cccc(F)c2)N2CC[C@H]2[C@@H](N)c2cccc(Cl)c2)=CC1F. The van der Waals surface area contributed by atoms with Gasteiger partial charge in [-0.2, -0.15) is 0 Å². The van der Waals surface area contributed by atoms with Gasteiger partial charge in [-0.05, 0) is 53.5 Å². The Morgan fingerprint density at radius 3 is 2.55 bits per heavy atom. The van der Waals surface area contributed by atoms with Crippen molar-refractivity contribution in [1.29, 1.82) is 0 Å². The van der Waals surface area contributed by atoms with E-state index in [2.05, 4.69) is 4.90 Å². The molecule has 2 aromatic carbocycles. The number of hydrogen-bond donors (Lipinski definition) is 1. The highest BCUT2D eigenvalue weighted by Crippen LogP contribution is 2.42. The Bertz CT molecular complexity index is 942. The van der Waals surface area contributed by atoms with Gasteiger partial charge in [0.1, 0.15) is 12.0 Å². The smallest absolute Gasteiger partial charge is 0.125 e. The quantitative estimate of drug-likeness (QED) is 0.673. The van der Waals surface area contributed by atoms with E-state index in [-0.39, 0.29) is 29.9 Å². The van der Waals surface area contributed by atoms with Crippen molar-refractivity contribution in [1.82, 2.24) is 4.90 Å². The molecule has 5 atom stereocenters. The normalized spacial score (nSPS) is 26.5. The molecular weight excluding hydrogens is 390 g/mol. The number of halogens is 3. The molecule has 2 N–H and O–H groups in total. The number of nitrogens with two attached hydrogens (primary N) is 1. The Hall–Kier alpha value is -2.01. The fourth-order valence-corrected chi connectivity index (χ4v) is 4.46. The molecule has 2 aliphatic rings. The van der Waals surface area contributed by atoms with E-state index >= 15 is 0 Å². The maximum absolute atomic E-state index is 14.5. The third kappa shape index (κ3) is 4.16. The Morgan fingerprint density at radius 2 is 1.90 bits per heavy atom. The Morgan fingerprint density at radius 1 is 1.14 bits per heavy atom. The van der Waals surface area contributed by atoms with Crippen LogP contribution in [0.5, 0.6) is 0 Å². The van der Waals surface area contributed by atoms with Crippen molar-refractivity contribution in [2.24, 2.45) is 11.7 Å². The van der Waals surface area contributed by atoms with Gasteiger partial charge in [-0.15, -0.1) is 0 Å². The Kier molecular flexibility index (Phi) is 5.86. The predicted octanol–water partition coefficient (Wildman–Crippen LogP) is 5.76. The number of alkyl halides is 1. The standard InChI is InChI=1S/C24H25ClF2N2/c1-15-8-9-18(14-21(15)27)24(17-5-3-7-20(26)13-17)29-11-10-22(29)23(28)16-4-2-6-19(25)12-16/h2-9,12-15,21-24H,10-11,28H2,1H3/t15?,21?,22-,23-,24?/m0/s1. The summed E-state index contributed by atoms with van der Waals surface area (Å²) in [5.74, 6) is -0.456. The average Bonchev–Trinajstić information content (AvgIpc) is 2.67. The molecule has 1 fully saturated rings. The van der Waals surface area contributed by atoms with Crippen LogP contribution < -0.4 is 5.73 Å². The third-order valence-corrected chi connectivity index (χ3v) is 6.25. The molecule has 0 radical (unpaired) electrons. The number of benzene rings is 2. The molecule has 1 saturated heterocycles. The molecule has 1 aliphatic carbocycles. The van der Waals surface area contributed by atoms with E-state index in [1.807, 2.05) is 49.4 Å². The van der Waals surface area contributed by atoms with Crippen LogP contribution in [0.4, 0.5) is 8.78 Å². The zero-order valence-electron chi connectivity index (χ0n) is 16.3. The molecule has 0 aromatic heterocycles. The summed E-state index contributed by atoms with van der Waals surface area (Å²) in [6.07, 6.45) is 5.40. The lowest BCUT2D eigenvalue weighted by atomic mass is 9.83. The zero-order valence-corrected chi connectivity index (χ0v) is 17.1. The predicted molar refractivity (Wildman–Crippen MR) is 114 cm³/mol. The van der Waals surface area contributed by atoms with E-state index in [4.69, 9.17) is 17.3 Å². The van der Waals surface area contributed by atoms with Crippen LogP contribution in [0.1, 0.15) is 36.6 Å². The second kappa shape index (κ2) is 8.39. The molecule has 4 rings (SSSR count). The topological polar surface area (TPSA) is 29.3 Å². The van der Waals surface area contributed by atoms with Crippen LogP contribution in [-0.2, 0) is 0 Å².